The maximum atomic E-state index is 12.7. The minimum atomic E-state index is -0.340. The van der Waals surface area contributed by atoms with Gasteiger partial charge in [-0.2, -0.15) is 0 Å². The molecule has 0 radical (unpaired) electrons. The molecule has 0 bridgehead atoms. The van der Waals surface area contributed by atoms with E-state index in [9.17, 15) is 9.59 Å². The van der Waals surface area contributed by atoms with Crippen LogP contribution in [0.5, 0.6) is 0 Å². The zero-order chi connectivity index (χ0) is 18.4. The van der Waals surface area contributed by atoms with Crippen LogP contribution in [0.25, 0.3) is 0 Å². The van der Waals surface area contributed by atoms with Gasteiger partial charge in [-0.15, -0.1) is 0 Å². The standard InChI is InChI=1S/C21H25N3O2/c1-16(25)22-19(17-9-3-2-4-10-17)15-21(26)23-18-11-5-6-12-20(18)24-13-7-8-14-24/h2-6,9-12,19H,7-8,13-15H2,1H3,(H,22,25)(H,23,26). The van der Waals surface area contributed by atoms with Gasteiger partial charge in [-0.3, -0.25) is 9.59 Å². The summed E-state index contributed by atoms with van der Waals surface area (Å²) in [6.07, 6.45) is 2.56. The van der Waals surface area contributed by atoms with E-state index in [0.717, 1.165) is 30.0 Å². The van der Waals surface area contributed by atoms with Crippen LogP contribution in [-0.2, 0) is 9.59 Å². The predicted molar refractivity (Wildman–Crippen MR) is 104 cm³/mol. The number of benzene rings is 2. The third-order valence-electron chi connectivity index (χ3n) is 4.59. The maximum absolute atomic E-state index is 12.7. The highest BCUT2D eigenvalue weighted by atomic mass is 16.2. The van der Waals surface area contributed by atoms with E-state index >= 15 is 0 Å². The Kier molecular flexibility index (Phi) is 5.89. The van der Waals surface area contributed by atoms with E-state index in [1.54, 1.807) is 0 Å². The summed E-state index contributed by atoms with van der Waals surface area (Å²) in [6, 6.07) is 17.1. The average molecular weight is 351 g/mol. The molecule has 5 heteroatoms. The Bertz CT molecular complexity index is 755. The Morgan fingerprint density at radius 2 is 1.65 bits per heavy atom. The molecule has 2 aromatic rings. The van der Waals surface area contributed by atoms with Gasteiger partial charge < -0.3 is 15.5 Å². The van der Waals surface area contributed by atoms with Crippen molar-refractivity contribution in [1.29, 1.82) is 0 Å². The molecule has 1 aliphatic rings. The van der Waals surface area contributed by atoms with E-state index < -0.39 is 0 Å². The molecular weight excluding hydrogens is 326 g/mol. The van der Waals surface area contributed by atoms with Crippen LogP contribution in [0.4, 0.5) is 11.4 Å². The highest BCUT2D eigenvalue weighted by Gasteiger charge is 2.20. The second kappa shape index (κ2) is 8.52. The number of hydrogen-bond acceptors (Lipinski definition) is 3. The molecule has 1 fully saturated rings. The van der Waals surface area contributed by atoms with Crippen LogP contribution in [-0.4, -0.2) is 24.9 Å². The number of para-hydroxylation sites is 2. The van der Waals surface area contributed by atoms with Crippen molar-refractivity contribution in [3.63, 3.8) is 0 Å². The minimum absolute atomic E-state index is 0.112. The third kappa shape index (κ3) is 4.63. The summed E-state index contributed by atoms with van der Waals surface area (Å²) in [5, 5.41) is 5.90. The summed E-state index contributed by atoms with van der Waals surface area (Å²) in [5.41, 5.74) is 2.81. The molecular formula is C21H25N3O2. The molecule has 1 atom stereocenters. The Hall–Kier alpha value is -2.82. The van der Waals surface area contributed by atoms with Gasteiger partial charge in [-0.25, -0.2) is 0 Å². The zero-order valence-corrected chi connectivity index (χ0v) is 15.1. The minimum Gasteiger partial charge on any atom is -0.370 e. The van der Waals surface area contributed by atoms with Gasteiger partial charge >= 0.3 is 0 Å². The first kappa shape index (κ1) is 18.0. The van der Waals surface area contributed by atoms with Gasteiger partial charge in [0.25, 0.3) is 0 Å². The smallest absolute Gasteiger partial charge is 0.226 e. The largest absolute Gasteiger partial charge is 0.370 e. The molecule has 0 aliphatic carbocycles. The molecule has 1 unspecified atom stereocenters. The van der Waals surface area contributed by atoms with Crippen LogP contribution < -0.4 is 15.5 Å². The van der Waals surface area contributed by atoms with Crippen LogP contribution in [0.15, 0.2) is 54.6 Å². The fourth-order valence-electron chi connectivity index (χ4n) is 3.38. The van der Waals surface area contributed by atoms with E-state index in [1.807, 2.05) is 54.6 Å². The lowest BCUT2D eigenvalue weighted by Gasteiger charge is -2.22. The second-order valence-electron chi connectivity index (χ2n) is 6.63. The molecule has 2 amide bonds. The Balaban J connectivity index is 1.72. The fraction of sp³-hybridized carbons (Fsp3) is 0.333. The molecule has 1 heterocycles. The Labute approximate surface area is 154 Å². The van der Waals surface area contributed by atoms with Crippen molar-refractivity contribution >= 4 is 23.2 Å². The second-order valence-corrected chi connectivity index (χ2v) is 6.63. The summed E-state index contributed by atoms with van der Waals surface area (Å²) < 4.78 is 0. The Morgan fingerprint density at radius 3 is 2.35 bits per heavy atom. The quantitative estimate of drug-likeness (QED) is 0.837. The topological polar surface area (TPSA) is 61.4 Å². The van der Waals surface area contributed by atoms with E-state index in [0.29, 0.717) is 0 Å². The lowest BCUT2D eigenvalue weighted by Crippen LogP contribution is -2.30. The van der Waals surface area contributed by atoms with Crippen molar-refractivity contribution in [2.45, 2.75) is 32.2 Å². The molecule has 1 aliphatic heterocycles. The third-order valence-corrected chi connectivity index (χ3v) is 4.59. The molecule has 0 aromatic heterocycles. The molecule has 5 nitrogen and oxygen atoms in total. The molecule has 136 valence electrons. The number of rotatable bonds is 6. The number of nitrogens with zero attached hydrogens (tertiary/aromatic N) is 1. The fourth-order valence-corrected chi connectivity index (χ4v) is 3.38. The first-order valence-electron chi connectivity index (χ1n) is 9.09. The van der Waals surface area contributed by atoms with Gasteiger partial charge in [0.05, 0.1) is 23.8 Å². The SMILES string of the molecule is CC(=O)NC(CC(=O)Nc1ccccc1N1CCCC1)c1ccccc1. The number of hydrogen-bond donors (Lipinski definition) is 2. The predicted octanol–water partition coefficient (Wildman–Crippen LogP) is 3.49. The number of anilines is 2. The van der Waals surface area contributed by atoms with Crippen LogP contribution in [0.2, 0.25) is 0 Å². The highest BCUT2D eigenvalue weighted by Crippen LogP contribution is 2.29. The molecule has 26 heavy (non-hydrogen) atoms. The number of carbonyl (C=O) groups is 2. The molecule has 2 aromatic carbocycles. The first-order chi connectivity index (χ1) is 12.6. The van der Waals surface area contributed by atoms with E-state index in [-0.39, 0.29) is 24.3 Å². The normalized spacial score (nSPS) is 14.7. The first-order valence-corrected chi connectivity index (χ1v) is 9.09. The summed E-state index contributed by atoms with van der Waals surface area (Å²) >= 11 is 0. The van der Waals surface area contributed by atoms with Gasteiger partial charge in [0, 0.05) is 20.0 Å². The van der Waals surface area contributed by atoms with Gasteiger partial charge in [-0.1, -0.05) is 42.5 Å². The summed E-state index contributed by atoms with van der Waals surface area (Å²) in [7, 11) is 0. The van der Waals surface area contributed by atoms with Crippen molar-refractivity contribution in [2.24, 2.45) is 0 Å². The molecule has 0 spiro atoms. The van der Waals surface area contributed by atoms with Crippen molar-refractivity contribution in [1.82, 2.24) is 5.32 Å². The number of amides is 2. The van der Waals surface area contributed by atoms with E-state index in [1.165, 1.54) is 19.8 Å². The lowest BCUT2D eigenvalue weighted by molar-refractivity contribution is -0.120. The van der Waals surface area contributed by atoms with Crippen molar-refractivity contribution in [3.8, 4) is 0 Å². The van der Waals surface area contributed by atoms with Crippen molar-refractivity contribution in [2.75, 3.05) is 23.3 Å². The summed E-state index contributed by atoms with van der Waals surface area (Å²) in [6.45, 7) is 3.51. The van der Waals surface area contributed by atoms with Crippen LogP contribution in [0, 0.1) is 0 Å². The van der Waals surface area contributed by atoms with Gasteiger partial charge in [0.2, 0.25) is 11.8 Å². The van der Waals surface area contributed by atoms with Crippen LogP contribution in [0.3, 0.4) is 0 Å². The Morgan fingerprint density at radius 1 is 1.00 bits per heavy atom. The number of nitrogens with one attached hydrogen (secondary N) is 2. The lowest BCUT2D eigenvalue weighted by atomic mass is 10.0. The highest BCUT2D eigenvalue weighted by molar-refractivity contribution is 5.95. The molecule has 0 saturated carbocycles. The van der Waals surface area contributed by atoms with Crippen molar-refractivity contribution in [3.05, 3.63) is 60.2 Å². The van der Waals surface area contributed by atoms with Gasteiger partial charge in [-0.05, 0) is 30.5 Å². The zero-order valence-electron chi connectivity index (χ0n) is 15.1. The van der Waals surface area contributed by atoms with Gasteiger partial charge in [0.15, 0.2) is 0 Å². The monoisotopic (exact) mass is 351 g/mol. The average Bonchev–Trinajstić information content (AvgIpc) is 3.16. The van der Waals surface area contributed by atoms with Crippen LogP contribution in [0.1, 0.15) is 37.8 Å². The summed E-state index contributed by atoms with van der Waals surface area (Å²) in [5.74, 6) is -0.261. The number of carbonyl (C=O) groups excluding carboxylic acids is 2. The summed E-state index contributed by atoms with van der Waals surface area (Å²) in [4.78, 5) is 26.5. The van der Waals surface area contributed by atoms with E-state index in [4.69, 9.17) is 0 Å². The van der Waals surface area contributed by atoms with Gasteiger partial charge in [0.1, 0.15) is 0 Å². The molecule has 3 rings (SSSR count). The molecule has 2 N–H and O–H groups in total. The van der Waals surface area contributed by atoms with E-state index in [2.05, 4.69) is 15.5 Å². The molecule has 1 saturated heterocycles. The maximum Gasteiger partial charge on any atom is 0.226 e. The van der Waals surface area contributed by atoms with Crippen molar-refractivity contribution < 1.29 is 9.59 Å². The van der Waals surface area contributed by atoms with Crippen LogP contribution >= 0.6 is 0 Å².